The minimum Gasteiger partial charge on any atom is -0.207 e. The van der Waals surface area contributed by atoms with Crippen molar-refractivity contribution in [1.29, 1.82) is 0 Å². The molecule has 110 valence electrons. The SMILES string of the molecule is CCC(CC)c1cc(N=Nc2ccc(F)cc2)ccc1F. The molecule has 0 radical (unpaired) electrons. The molecule has 2 rings (SSSR count). The molecule has 0 spiro atoms. The average molecular weight is 288 g/mol. The van der Waals surface area contributed by atoms with Crippen LogP contribution >= 0.6 is 0 Å². The van der Waals surface area contributed by atoms with Gasteiger partial charge in [-0.3, -0.25) is 0 Å². The zero-order valence-corrected chi connectivity index (χ0v) is 12.2. The van der Waals surface area contributed by atoms with Crippen molar-refractivity contribution < 1.29 is 8.78 Å². The van der Waals surface area contributed by atoms with Crippen LogP contribution in [0.1, 0.15) is 38.2 Å². The number of hydrogen-bond acceptors (Lipinski definition) is 2. The highest BCUT2D eigenvalue weighted by Crippen LogP contribution is 2.29. The van der Waals surface area contributed by atoms with E-state index in [0.717, 1.165) is 12.8 Å². The molecule has 0 aliphatic carbocycles. The fourth-order valence-electron chi connectivity index (χ4n) is 2.26. The summed E-state index contributed by atoms with van der Waals surface area (Å²) >= 11 is 0. The van der Waals surface area contributed by atoms with E-state index in [0.29, 0.717) is 16.9 Å². The van der Waals surface area contributed by atoms with Crippen LogP contribution < -0.4 is 0 Å². The molecule has 0 N–H and O–H groups in total. The van der Waals surface area contributed by atoms with E-state index in [2.05, 4.69) is 10.2 Å². The van der Waals surface area contributed by atoms with Gasteiger partial charge >= 0.3 is 0 Å². The minimum atomic E-state index is -0.313. The first kappa shape index (κ1) is 15.3. The Hall–Kier alpha value is -2.10. The van der Waals surface area contributed by atoms with Crippen molar-refractivity contribution in [2.75, 3.05) is 0 Å². The summed E-state index contributed by atoms with van der Waals surface area (Å²) in [5.41, 5.74) is 1.84. The van der Waals surface area contributed by atoms with Gasteiger partial charge in [-0.25, -0.2) is 8.78 Å². The van der Waals surface area contributed by atoms with Gasteiger partial charge in [-0.1, -0.05) is 13.8 Å². The summed E-state index contributed by atoms with van der Waals surface area (Å²) in [6, 6.07) is 10.5. The molecular formula is C17H18F2N2. The van der Waals surface area contributed by atoms with Crippen molar-refractivity contribution in [2.45, 2.75) is 32.6 Å². The van der Waals surface area contributed by atoms with E-state index in [1.165, 1.54) is 18.2 Å². The fraction of sp³-hybridized carbons (Fsp3) is 0.294. The van der Waals surface area contributed by atoms with Gasteiger partial charge in [-0.15, -0.1) is 0 Å². The molecule has 0 aromatic heterocycles. The Bertz CT molecular complexity index is 617. The van der Waals surface area contributed by atoms with E-state index < -0.39 is 0 Å². The second kappa shape index (κ2) is 7.07. The lowest BCUT2D eigenvalue weighted by Crippen LogP contribution is -1.98. The molecule has 0 bridgehead atoms. The third-order valence-corrected chi connectivity index (χ3v) is 3.51. The van der Waals surface area contributed by atoms with E-state index in [1.807, 2.05) is 13.8 Å². The monoisotopic (exact) mass is 288 g/mol. The Kier molecular flexibility index (Phi) is 5.14. The smallest absolute Gasteiger partial charge is 0.126 e. The molecule has 0 atom stereocenters. The molecule has 0 aliphatic rings. The largest absolute Gasteiger partial charge is 0.207 e. The summed E-state index contributed by atoms with van der Waals surface area (Å²) in [6.45, 7) is 4.08. The van der Waals surface area contributed by atoms with Crippen molar-refractivity contribution in [3.63, 3.8) is 0 Å². The topological polar surface area (TPSA) is 24.7 Å². The van der Waals surface area contributed by atoms with Gasteiger partial charge in [0.1, 0.15) is 11.6 Å². The van der Waals surface area contributed by atoms with Crippen LogP contribution in [0.25, 0.3) is 0 Å². The predicted octanol–water partition coefficient (Wildman–Crippen LogP) is 6.28. The lowest BCUT2D eigenvalue weighted by Gasteiger charge is -2.13. The van der Waals surface area contributed by atoms with E-state index in [4.69, 9.17) is 0 Å². The molecule has 0 amide bonds. The zero-order valence-electron chi connectivity index (χ0n) is 12.2. The first-order valence-electron chi connectivity index (χ1n) is 7.10. The molecule has 0 saturated heterocycles. The Morgan fingerprint density at radius 1 is 0.857 bits per heavy atom. The molecule has 21 heavy (non-hydrogen) atoms. The minimum absolute atomic E-state index is 0.186. The van der Waals surface area contributed by atoms with Crippen LogP contribution in [0.3, 0.4) is 0 Å². The quantitative estimate of drug-likeness (QED) is 0.578. The van der Waals surface area contributed by atoms with Crippen LogP contribution in [0.2, 0.25) is 0 Å². The maximum absolute atomic E-state index is 13.9. The first-order chi connectivity index (χ1) is 10.1. The number of halogens is 2. The van der Waals surface area contributed by atoms with Gasteiger partial charge < -0.3 is 0 Å². The van der Waals surface area contributed by atoms with E-state index in [-0.39, 0.29) is 17.6 Å². The molecule has 2 nitrogen and oxygen atoms in total. The Morgan fingerprint density at radius 2 is 1.43 bits per heavy atom. The average Bonchev–Trinajstić information content (AvgIpc) is 2.50. The molecule has 2 aromatic rings. The van der Waals surface area contributed by atoms with Crippen LogP contribution in [0.15, 0.2) is 52.7 Å². The van der Waals surface area contributed by atoms with Gasteiger partial charge in [-0.2, -0.15) is 10.2 Å². The standard InChI is InChI=1S/C17H18F2N2/c1-3-12(4-2)16-11-15(9-10-17(16)19)21-20-14-7-5-13(18)6-8-14/h5-12H,3-4H2,1-2H3. The van der Waals surface area contributed by atoms with Gasteiger partial charge in [0.25, 0.3) is 0 Å². The summed E-state index contributed by atoms with van der Waals surface area (Å²) in [4.78, 5) is 0. The number of nitrogens with zero attached hydrogens (tertiary/aromatic N) is 2. The van der Waals surface area contributed by atoms with Crippen LogP contribution in [0.4, 0.5) is 20.2 Å². The highest BCUT2D eigenvalue weighted by atomic mass is 19.1. The molecule has 0 fully saturated rings. The highest BCUT2D eigenvalue weighted by Gasteiger charge is 2.12. The van der Waals surface area contributed by atoms with Crippen molar-refractivity contribution in [3.05, 3.63) is 59.7 Å². The summed E-state index contributed by atoms with van der Waals surface area (Å²) < 4.78 is 26.7. The van der Waals surface area contributed by atoms with Crippen LogP contribution in [0, 0.1) is 11.6 Å². The molecule has 4 heteroatoms. The van der Waals surface area contributed by atoms with Crippen molar-refractivity contribution in [2.24, 2.45) is 10.2 Å². The molecule has 0 heterocycles. The van der Waals surface area contributed by atoms with Gasteiger partial charge in [0.15, 0.2) is 0 Å². The van der Waals surface area contributed by atoms with Gasteiger partial charge in [0.05, 0.1) is 11.4 Å². The van der Waals surface area contributed by atoms with E-state index in [1.54, 1.807) is 24.3 Å². The maximum atomic E-state index is 13.9. The molecule has 2 aromatic carbocycles. The number of rotatable bonds is 5. The molecule has 0 saturated carbocycles. The number of hydrogen-bond donors (Lipinski definition) is 0. The number of benzene rings is 2. The van der Waals surface area contributed by atoms with Crippen LogP contribution in [-0.4, -0.2) is 0 Å². The maximum Gasteiger partial charge on any atom is 0.126 e. The van der Waals surface area contributed by atoms with Gasteiger partial charge in [0.2, 0.25) is 0 Å². The zero-order chi connectivity index (χ0) is 15.2. The van der Waals surface area contributed by atoms with Gasteiger partial charge in [-0.05, 0) is 66.8 Å². The van der Waals surface area contributed by atoms with Crippen LogP contribution in [-0.2, 0) is 0 Å². The Labute approximate surface area is 123 Å². The Morgan fingerprint density at radius 3 is 2.05 bits per heavy atom. The summed E-state index contributed by atoms with van der Waals surface area (Å²) in [5, 5.41) is 8.13. The van der Waals surface area contributed by atoms with Gasteiger partial charge in [0, 0.05) is 0 Å². The molecule has 0 unspecified atom stereocenters. The third kappa shape index (κ3) is 3.94. The lowest BCUT2D eigenvalue weighted by molar-refractivity contribution is 0.558. The van der Waals surface area contributed by atoms with E-state index >= 15 is 0 Å². The Balaban J connectivity index is 2.24. The number of azo groups is 1. The molecular weight excluding hydrogens is 270 g/mol. The van der Waals surface area contributed by atoms with Crippen LogP contribution in [0.5, 0.6) is 0 Å². The highest BCUT2D eigenvalue weighted by molar-refractivity contribution is 5.43. The second-order valence-corrected chi connectivity index (χ2v) is 4.90. The predicted molar refractivity (Wildman–Crippen MR) is 80.3 cm³/mol. The first-order valence-corrected chi connectivity index (χ1v) is 7.10. The molecule has 0 aliphatic heterocycles. The summed E-state index contributed by atoms with van der Waals surface area (Å²) in [7, 11) is 0. The van der Waals surface area contributed by atoms with Crippen molar-refractivity contribution >= 4 is 11.4 Å². The summed E-state index contributed by atoms with van der Waals surface area (Å²) in [6.07, 6.45) is 1.76. The lowest BCUT2D eigenvalue weighted by atomic mass is 9.93. The second-order valence-electron chi connectivity index (χ2n) is 4.90. The van der Waals surface area contributed by atoms with E-state index in [9.17, 15) is 8.78 Å². The third-order valence-electron chi connectivity index (χ3n) is 3.51. The fourth-order valence-corrected chi connectivity index (χ4v) is 2.26. The summed E-state index contributed by atoms with van der Waals surface area (Å²) in [5.74, 6) is -0.331. The van der Waals surface area contributed by atoms with Crippen molar-refractivity contribution in [1.82, 2.24) is 0 Å². The normalized spacial score (nSPS) is 11.5. The van der Waals surface area contributed by atoms with Crippen molar-refractivity contribution in [3.8, 4) is 0 Å².